The Balaban J connectivity index is 2.68. The first kappa shape index (κ1) is 9.54. The van der Waals surface area contributed by atoms with E-state index in [9.17, 15) is 4.79 Å². The van der Waals surface area contributed by atoms with Gasteiger partial charge < -0.3 is 15.3 Å². The summed E-state index contributed by atoms with van der Waals surface area (Å²) < 4.78 is 5.21. The van der Waals surface area contributed by atoms with Crippen LogP contribution in [-0.2, 0) is 4.79 Å². The summed E-state index contributed by atoms with van der Waals surface area (Å²) in [6.45, 7) is 1.80. The first-order valence-electron chi connectivity index (χ1n) is 3.82. The second-order valence-electron chi connectivity index (χ2n) is 2.67. The number of nitrogens with two attached hydrogens (primary N) is 1. The lowest BCUT2D eigenvalue weighted by atomic mass is 10.2. The lowest BCUT2D eigenvalue weighted by Gasteiger charge is -2.00. The maximum atomic E-state index is 10.2. The van der Waals surface area contributed by atoms with E-state index in [1.165, 1.54) is 6.08 Å². The number of hydrogen-bond acceptors (Lipinski definition) is 3. The fraction of sp³-hybridized carbons (Fsp3) is 0.222. The maximum absolute atomic E-state index is 10.2. The van der Waals surface area contributed by atoms with Gasteiger partial charge in [-0.1, -0.05) is 6.08 Å². The molecule has 70 valence electrons. The highest BCUT2D eigenvalue weighted by molar-refractivity contribution is 5.79. The van der Waals surface area contributed by atoms with Gasteiger partial charge in [-0.05, 0) is 19.1 Å². The third-order valence-electron chi connectivity index (χ3n) is 1.54. The molecule has 0 fully saturated rings. The molecule has 0 aromatic carbocycles. The average Bonchev–Trinajstić information content (AvgIpc) is 2.47. The molecule has 1 atom stereocenters. The van der Waals surface area contributed by atoms with Crippen LogP contribution < -0.4 is 5.73 Å². The van der Waals surface area contributed by atoms with Gasteiger partial charge in [0.15, 0.2) is 0 Å². The number of carboxylic acid groups (broad SMARTS) is 1. The topological polar surface area (TPSA) is 76.5 Å². The van der Waals surface area contributed by atoms with Gasteiger partial charge in [-0.15, -0.1) is 0 Å². The smallest absolute Gasteiger partial charge is 0.328 e. The highest BCUT2D eigenvalue weighted by atomic mass is 16.4. The molecular formula is C9H11NO3. The van der Waals surface area contributed by atoms with E-state index in [0.29, 0.717) is 5.76 Å². The molecule has 1 aromatic heterocycles. The number of rotatable bonds is 3. The van der Waals surface area contributed by atoms with Crippen molar-refractivity contribution in [3.63, 3.8) is 0 Å². The van der Waals surface area contributed by atoms with Crippen LogP contribution in [0.5, 0.6) is 0 Å². The Kier molecular flexibility index (Phi) is 2.87. The molecule has 0 spiro atoms. The molecule has 0 aliphatic rings. The number of carboxylic acids is 1. The van der Waals surface area contributed by atoms with Crippen LogP contribution in [0, 0.1) is 6.92 Å². The summed E-state index contributed by atoms with van der Waals surface area (Å²) in [6, 6.07) is 3.01. The van der Waals surface area contributed by atoms with Crippen LogP contribution >= 0.6 is 0 Å². The standard InChI is InChI=1S/C9H11NO3/c1-6-2-4-8(13-6)7(10)3-5-9(11)12/h2-5,7H,10H2,1H3,(H,11,12)/b5-3+. The van der Waals surface area contributed by atoms with E-state index in [0.717, 1.165) is 11.8 Å². The van der Waals surface area contributed by atoms with Crippen LogP contribution in [-0.4, -0.2) is 11.1 Å². The highest BCUT2D eigenvalue weighted by Crippen LogP contribution is 2.14. The van der Waals surface area contributed by atoms with Crippen LogP contribution in [0.4, 0.5) is 0 Å². The Hall–Kier alpha value is -1.55. The zero-order chi connectivity index (χ0) is 9.84. The van der Waals surface area contributed by atoms with Crippen molar-refractivity contribution < 1.29 is 14.3 Å². The molecule has 1 heterocycles. The minimum Gasteiger partial charge on any atom is -0.478 e. The maximum Gasteiger partial charge on any atom is 0.328 e. The molecule has 0 radical (unpaired) electrons. The first-order valence-corrected chi connectivity index (χ1v) is 3.82. The van der Waals surface area contributed by atoms with Crippen molar-refractivity contribution in [2.24, 2.45) is 5.73 Å². The molecule has 1 rings (SSSR count). The van der Waals surface area contributed by atoms with Crippen LogP contribution in [0.25, 0.3) is 0 Å². The van der Waals surface area contributed by atoms with Gasteiger partial charge in [-0.2, -0.15) is 0 Å². The molecule has 0 saturated carbocycles. The molecule has 13 heavy (non-hydrogen) atoms. The van der Waals surface area contributed by atoms with Gasteiger partial charge in [0.25, 0.3) is 0 Å². The van der Waals surface area contributed by atoms with E-state index in [2.05, 4.69) is 0 Å². The lowest BCUT2D eigenvalue weighted by Crippen LogP contribution is -2.06. The zero-order valence-corrected chi connectivity index (χ0v) is 7.23. The Labute approximate surface area is 75.7 Å². The summed E-state index contributed by atoms with van der Waals surface area (Å²) in [5.74, 6) is 0.308. The summed E-state index contributed by atoms with van der Waals surface area (Å²) in [5, 5.41) is 8.34. The molecule has 1 aromatic rings. The normalized spacial score (nSPS) is 13.4. The number of aliphatic carboxylic acids is 1. The van der Waals surface area contributed by atoms with Gasteiger partial charge in [0.1, 0.15) is 11.5 Å². The quantitative estimate of drug-likeness (QED) is 0.687. The van der Waals surface area contributed by atoms with Crippen molar-refractivity contribution in [1.29, 1.82) is 0 Å². The van der Waals surface area contributed by atoms with Crippen molar-refractivity contribution in [3.8, 4) is 0 Å². The number of hydrogen-bond donors (Lipinski definition) is 2. The Morgan fingerprint density at radius 1 is 1.69 bits per heavy atom. The van der Waals surface area contributed by atoms with Gasteiger partial charge in [0.2, 0.25) is 0 Å². The SMILES string of the molecule is Cc1ccc(C(N)/C=C/C(=O)O)o1. The largest absolute Gasteiger partial charge is 0.478 e. The van der Waals surface area contributed by atoms with E-state index < -0.39 is 12.0 Å². The lowest BCUT2D eigenvalue weighted by molar-refractivity contribution is -0.131. The van der Waals surface area contributed by atoms with E-state index in [1.54, 1.807) is 19.1 Å². The molecule has 0 aliphatic carbocycles. The molecule has 1 unspecified atom stereocenters. The van der Waals surface area contributed by atoms with Crippen molar-refractivity contribution >= 4 is 5.97 Å². The van der Waals surface area contributed by atoms with E-state index in [1.807, 2.05) is 0 Å². The van der Waals surface area contributed by atoms with Crippen LogP contribution in [0.2, 0.25) is 0 Å². The predicted molar refractivity (Wildman–Crippen MR) is 47.1 cm³/mol. The van der Waals surface area contributed by atoms with E-state index >= 15 is 0 Å². The van der Waals surface area contributed by atoms with Crippen molar-refractivity contribution in [1.82, 2.24) is 0 Å². The molecule has 0 amide bonds. The summed E-state index contributed by atoms with van der Waals surface area (Å²) in [4.78, 5) is 10.2. The zero-order valence-electron chi connectivity index (χ0n) is 7.23. The summed E-state index contributed by atoms with van der Waals surface area (Å²) in [6.07, 6.45) is 2.38. The fourth-order valence-electron chi connectivity index (χ4n) is 0.913. The van der Waals surface area contributed by atoms with Crippen molar-refractivity contribution in [3.05, 3.63) is 35.8 Å². The van der Waals surface area contributed by atoms with Crippen molar-refractivity contribution in [2.75, 3.05) is 0 Å². The molecular weight excluding hydrogens is 170 g/mol. The van der Waals surface area contributed by atoms with Crippen LogP contribution in [0.15, 0.2) is 28.7 Å². The predicted octanol–water partition coefficient (Wildman–Crippen LogP) is 1.23. The summed E-state index contributed by atoms with van der Waals surface area (Å²) in [5.41, 5.74) is 5.61. The third-order valence-corrected chi connectivity index (χ3v) is 1.54. The van der Waals surface area contributed by atoms with E-state index in [-0.39, 0.29) is 0 Å². The van der Waals surface area contributed by atoms with Gasteiger partial charge in [0, 0.05) is 6.08 Å². The molecule has 4 nitrogen and oxygen atoms in total. The highest BCUT2D eigenvalue weighted by Gasteiger charge is 2.06. The minimum atomic E-state index is -1.02. The first-order chi connectivity index (χ1) is 6.09. The molecule has 0 saturated heterocycles. The van der Waals surface area contributed by atoms with Crippen LogP contribution in [0.3, 0.4) is 0 Å². The van der Waals surface area contributed by atoms with Gasteiger partial charge in [-0.3, -0.25) is 0 Å². The molecule has 0 bridgehead atoms. The average molecular weight is 181 g/mol. The molecule has 3 N–H and O–H groups in total. The van der Waals surface area contributed by atoms with Gasteiger partial charge in [-0.25, -0.2) is 4.79 Å². The Morgan fingerprint density at radius 3 is 2.85 bits per heavy atom. The number of carbonyl (C=O) groups is 1. The van der Waals surface area contributed by atoms with Crippen LogP contribution in [0.1, 0.15) is 17.6 Å². The minimum absolute atomic E-state index is 0.496. The Bertz CT molecular complexity index is 327. The second-order valence-corrected chi connectivity index (χ2v) is 2.67. The molecule has 4 heteroatoms. The summed E-state index contributed by atoms with van der Waals surface area (Å²) >= 11 is 0. The molecule has 0 aliphatic heterocycles. The monoisotopic (exact) mass is 181 g/mol. The second kappa shape index (κ2) is 3.91. The fourth-order valence-corrected chi connectivity index (χ4v) is 0.913. The van der Waals surface area contributed by atoms with Gasteiger partial charge >= 0.3 is 5.97 Å². The Morgan fingerprint density at radius 2 is 2.38 bits per heavy atom. The number of furan rings is 1. The third kappa shape index (κ3) is 2.76. The number of aryl methyl sites for hydroxylation is 1. The van der Waals surface area contributed by atoms with Crippen molar-refractivity contribution in [2.45, 2.75) is 13.0 Å². The van der Waals surface area contributed by atoms with E-state index in [4.69, 9.17) is 15.3 Å². The summed E-state index contributed by atoms with van der Waals surface area (Å²) in [7, 11) is 0. The van der Waals surface area contributed by atoms with Gasteiger partial charge in [0.05, 0.1) is 6.04 Å².